The molecule has 8 nitrogen and oxygen atoms in total. The summed E-state index contributed by atoms with van der Waals surface area (Å²) in [7, 11) is 3.49. The molecule has 8 heteroatoms. The van der Waals surface area contributed by atoms with Crippen LogP contribution in [0.3, 0.4) is 0 Å². The van der Waals surface area contributed by atoms with Gasteiger partial charge in [-0.1, -0.05) is 12.1 Å². The number of carbonyl (C=O) groups excluding carboxylic acids is 1. The third-order valence-electron chi connectivity index (χ3n) is 4.60. The molecule has 4 aromatic rings. The van der Waals surface area contributed by atoms with E-state index in [0.717, 1.165) is 22.5 Å². The van der Waals surface area contributed by atoms with Crippen LogP contribution in [0.15, 0.2) is 55.0 Å². The minimum atomic E-state index is -0.0225. The first kappa shape index (κ1) is 18.7. The summed E-state index contributed by atoms with van der Waals surface area (Å²) in [6, 6.07) is 11.7. The van der Waals surface area contributed by atoms with Crippen molar-refractivity contribution in [2.24, 2.45) is 0 Å². The summed E-state index contributed by atoms with van der Waals surface area (Å²) < 4.78 is 3.61. The van der Waals surface area contributed by atoms with Gasteiger partial charge in [-0.05, 0) is 43.7 Å². The van der Waals surface area contributed by atoms with Crippen molar-refractivity contribution < 1.29 is 4.79 Å². The van der Waals surface area contributed by atoms with E-state index in [9.17, 15) is 4.79 Å². The summed E-state index contributed by atoms with van der Waals surface area (Å²) >= 11 is 0. The first-order valence-electron chi connectivity index (χ1n) is 9.41. The maximum atomic E-state index is 12.1. The summed E-state index contributed by atoms with van der Waals surface area (Å²) in [6.45, 7) is 4.15. The molecule has 1 aromatic carbocycles. The Kier molecular flexibility index (Phi) is 4.75. The zero-order valence-corrected chi connectivity index (χ0v) is 16.9. The number of hydrogen-bond donors (Lipinski definition) is 1. The van der Waals surface area contributed by atoms with E-state index in [1.54, 1.807) is 29.7 Å². The molecule has 0 saturated carbocycles. The van der Waals surface area contributed by atoms with Crippen LogP contribution in [0.5, 0.6) is 0 Å². The normalized spacial score (nSPS) is 11.2. The molecule has 0 spiro atoms. The number of benzene rings is 1. The number of rotatable bonds is 5. The van der Waals surface area contributed by atoms with Crippen LogP contribution in [-0.4, -0.2) is 49.3 Å². The van der Waals surface area contributed by atoms with E-state index in [1.165, 1.54) is 0 Å². The number of hydrogen-bond acceptors (Lipinski definition) is 5. The van der Waals surface area contributed by atoms with Crippen molar-refractivity contribution in [3.8, 4) is 11.1 Å². The maximum absolute atomic E-state index is 12.1. The Morgan fingerprint density at radius 1 is 1.14 bits per heavy atom. The Hall–Kier alpha value is -3.68. The van der Waals surface area contributed by atoms with Gasteiger partial charge < -0.3 is 10.2 Å². The van der Waals surface area contributed by atoms with Gasteiger partial charge in [-0.3, -0.25) is 9.48 Å². The van der Waals surface area contributed by atoms with E-state index in [1.807, 2.05) is 53.5 Å². The van der Waals surface area contributed by atoms with Gasteiger partial charge in [-0.15, -0.1) is 5.10 Å². The third kappa shape index (κ3) is 3.69. The van der Waals surface area contributed by atoms with Gasteiger partial charge in [0.2, 0.25) is 5.95 Å². The quantitative estimate of drug-likeness (QED) is 0.564. The van der Waals surface area contributed by atoms with Crippen LogP contribution in [0.1, 0.15) is 30.2 Å². The monoisotopic (exact) mass is 389 g/mol. The van der Waals surface area contributed by atoms with Crippen molar-refractivity contribution in [2.45, 2.75) is 19.9 Å². The molecule has 1 amide bonds. The second kappa shape index (κ2) is 7.38. The van der Waals surface area contributed by atoms with Crippen LogP contribution in [0.2, 0.25) is 0 Å². The van der Waals surface area contributed by atoms with Crippen molar-refractivity contribution in [3.05, 3.63) is 60.6 Å². The van der Waals surface area contributed by atoms with Crippen LogP contribution in [0, 0.1) is 0 Å². The lowest BCUT2D eigenvalue weighted by atomic mass is 10.0. The van der Waals surface area contributed by atoms with E-state index < -0.39 is 0 Å². The lowest BCUT2D eigenvalue weighted by Gasteiger charge is -2.10. The van der Waals surface area contributed by atoms with Gasteiger partial charge in [-0.25, -0.2) is 4.52 Å². The molecule has 0 atom stereocenters. The Morgan fingerprint density at radius 2 is 1.90 bits per heavy atom. The van der Waals surface area contributed by atoms with Crippen molar-refractivity contribution in [2.75, 3.05) is 19.4 Å². The standard InChI is InChI=1S/C21H23N7O/c1-14(2)28-13-17(12-22-28)23-21-24-19-18(6-5-11-27(19)25-21)15-7-9-16(10-8-15)20(29)26(3)4/h5-14H,1-4H3,(H,23,25). The third-order valence-corrected chi connectivity index (χ3v) is 4.60. The molecule has 29 heavy (non-hydrogen) atoms. The van der Waals surface area contributed by atoms with E-state index in [0.29, 0.717) is 11.5 Å². The fourth-order valence-electron chi connectivity index (χ4n) is 3.05. The Balaban J connectivity index is 1.65. The van der Waals surface area contributed by atoms with Crippen LogP contribution < -0.4 is 5.32 Å². The average Bonchev–Trinajstić information content (AvgIpc) is 3.34. The number of nitrogens with zero attached hydrogens (tertiary/aromatic N) is 6. The molecule has 0 aliphatic rings. The van der Waals surface area contributed by atoms with Crippen molar-refractivity contribution in [1.82, 2.24) is 29.3 Å². The number of aromatic nitrogens is 5. The van der Waals surface area contributed by atoms with Gasteiger partial charge in [0.1, 0.15) is 0 Å². The largest absolute Gasteiger partial charge is 0.345 e. The maximum Gasteiger partial charge on any atom is 0.253 e. The number of anilines is 2. The summed E-state index contributed by atoms with van der Waals surface area (Å²) in [4.78, 5) is 18.3. The van der Waals surface area contributed by atoms with Gasteiger partial charge in [0.25, 0.3) is 5.91 Å². The fraction of sp³-hybridized carbons (Fsp3) is 0.238. The fourth-order valence-corrected chi connectivity index (χ4v) is 3.05. The Morgan fingerprint density at radius 3 is 2.55 bits per heavy atom. The number of pyridine rings is 1. The van der Waals surface area contributed by atoms with Crippen molar-refractivity contribution in [3.63, 3.8) is 0 Å². The first-order valence-corrected chi connectivity index (χ1v) is 9.41. The van der Waals surface area contributed by atoms with Gasteiger partial charge in [0.05, 0.1) is 11.9 Å². The van der Waals surface area contributed by atoms with E-state index in [2.05, 4.69) is 34.3 Å². The van der Waals surface area contributed by atoms with Crippen molar-refractivity contribution >= 4 is 23.2 Å². The molecule has 1 N–H and O–H groups in total. The number of nitrogens with one attached hydrogen (secondary N) is 1. The van der Waals surface area contributed by atoms with E-state index >= 15 is 0 Å². The number of fused-ring (bicyclic) bond motifs is 1. The molecule has 0 aliphatic carbocycles. The molecule has 0 radical (unpaired) electrons. The average molecular weight is 389 g/mol. The highest BCUT2D eigenvalue weighted by Crippen LogP contribution is 2.25. The van der Waals surface area contributed by atoms with E-state index in [-0.39, 0.29) is 11.9 Å². The molecule has 3 aromatic heterocycles. The molecule has 3 heterocycles. The van der Waals surface area contributed by atoms with Gasteiger partial charge in [-0.2, -0.15) is 10.1 Å². The second-order valence-corrected chi connectivity index (χ2v) is 7.33. The predicted octanol–water partition coefficient (Wildman–Crippen LogP) is 3.62. The van der Waals surface area contributed by atoms with Gasteiger partial charge >= 0.3 is 0 Å². The molecule has 0 saturated heterocycles. The summed E-state index contributed by atoms with van der Waals surface area (Å²) in [5.41, 5.74) is 4.13. The highest BCUT2D eigenvalue weighted by Gasteiger charge is 2.12. The minimum Gasteiger partial charge on any atom is -0.345 e. The van der Waals surface area contributed by atoms with Crippen LogP contribution >= 0.6 is 0 Å². The first-order chi connectivity index (χ1) is 13.9. The van der Waals surface area contributed by atoms with Gasteiger partial charge in [0.15, 0.2) is 5.65 Å². The minimum absolute atomic E-state index is 0.0225. The van der Waals surface area contributed by atoms with E-state index in [4.69, 9.17) is 0 Å². The van der Waals surface area contributed by atoms with Crippen LogP contribution in [0.25, 0.3) is 16.8 Å². The summed E-state index contributed by atoms with van der Waals surface area (Å²) in [6.07, 6.45) is 5.54. The molecular weight excluding hydrogens is 366 g/mol. The number of amides is 1. The topological polar surface area (TPSA) is 80.4 Å². The van der Waals surface area contributed by atoms with Crippen molar-refractivity contribution in [1.29, 1.82) is 0 Å². The molecule has 148 valence electrons. The Bertz CT molecular complexity index is 1160. The Labute approximate surface area is 168 Å². The molecule has 4 rings (SSSR count). The highest BCUT2D eigenvalue weighted by molar-refractivity contribution is 5.94. The van der Waals surface area contributed by atoms with Gasteiger partial charge in [0, 0.05) is 43.7 Å². The zero-order valence-electron chi connectivity index (χ0n) is 16.9. The molecule has 0 unspecified atom stereocenters. The summed E-state index contributed by atoms with van der Waals surface area (Å²) in [5, 5.41) is 12.0. The second-order valence-electron chi connectivity index (χ2n) is 7.33. The zero-order chi connectivity index (χ0) is 20.5. The molecular formula is C21H23N7O. The van der Waals surface area contributed by atoms with Crippen LogP contribution in [0.4, 0.5) is 11.6 Å². The SMILES string of the molecule is CC(C)n1cc(Nc2nc3c(-c4ccc(C(=O)N(C)C)cc4)cccn3n2)cn1. The number of carbonyl (C=O) groups is 1. The lowest BCUT2D eigenvalue weighted by Crippen LogP contribution is -2.21. The molecule has 0 fully saturated rings. The summed E-state index contributed by atoms with van der Waals surface area (Å²) in [5.74, 6) is 0.478. The molecule has 0 bridgehead atoms. The smallest absolute Gasteiger partial charge is 0.253 e. The highest BCUT2D eigenvalue weighted by atomic mass is 16.2. The lowest BCUT2D eigenvalue weighted by molar-refractivity contribution is 0.0827. The molecule has 0 aliphatic heterocycles. The van der Waals surface area contributed by atoms with Crippen LogP contribution in [-0.2, 0) is 0 Å². The predicted molar refractivity (Wildman–Crippen MR) is 112 cm³/mol.